The number of anilines is 1. The Morgan fingerprint density at radius 3 is 2.58 bits per heavy atom. The summed E-state index contributed by atoms with van der Waals surface area (Å²) in [6, 6.07) is 3.72. The Bertz CT molecular complexity index is 422. The molecule has 2 N–H and O–H groups in total. The van der Waals surface area contributed by atoms with Crippen molar-refractivity contribution in [1.29, 1.82) is 0 Å². The first-order valence-corrected chi connectivity index (χ1v) is 6.74. The maximum atomic E-state index is 12.3. The molecule has 0 saturated carbocycles. The zero-order valence-corrected chi connectivity index (χ0v) is 11.7. The Labute approximate surface area is 114 Å². The summed E-state index contributed by atoms with van der Waals surface area (Å²) in [5.41, 5.74) is 6.33. The van der Waals surface area contributed by atoms with Gasteiger partial charge >= 0.3 is 0 Å². The van der Waals surface area contributed by atoms with Crippen LogP contribution in [0.15, 0.2) is 18.3 Å². The van der Waals surface area contributed by atoms with Crippen LogP contribution in [0.4, 0.5) is 5.82 Å². The molecule has 2 rings (SSSR count). The van der Waals surface area contributed by atoms with Gasteiger partial charge in [0.05, 0.1) is 5.56 Å². The quantitative estimate of drug-likeness (QED) is 0.881. The van der Waals surface area contributed by atoms with Gasteiger partial charge in [-0.2, -0.15) is 0 Å². The molecule has 1 aliphatic rings. The third-order valence-electron chi connectivity index (χ3n) is 3.69. The van der Waals surface area contributed by atoms with Crippen molar-refractivity contribution in [3.63, 3.8) is 0 Å². The van der Waals surface area contributed by atoms with Crippen molar-refractivity contribution in [2.75, 3.05) is 38.6 Å². The molecule has 0 spiro atoms. The molecule has 5 heteroatoms. The number of rotatable bonds is 3. The standard InChI is InChI=1S/C14H22N4O/c1-17(2)13-4-3-12(10-16-13)14(19)18-7-5-11(9-15)6-8-18/h3-4,10-11H,5-9,15H2,1-2H3. The van der Waals surface area contributed by atoms with E-state index < -0.39 is 0 Å². The molecule has 1 aromatic rings. The van der Waals surface area contributed by atoms with Crippen LogP contribution >= 0.6 is 0 Å². The predicted octanol–water partition coefficient (Wildman–Crippen LogP) is 0.958. The zero-order chi connectivity index (χ0) is 13.8. The van der Waals surface area contributed by atoms with E-state index in [-0.39, 0.29) is 5.91 Å². The van der Waals surface area contributed by atoms with Gasteiger partial charge in [0.2, 0.25) is 0 Å². The molecule has 1 amide bonds. The first-order chi connectivity index (χ1) is 9.11. The Hall–Kier alpha value is -1.62. The molecule has 1 aliphatic heterocycles. The second-order valence-corrected chi connectivity index (χ2v) is 5.27. The van der Waals surface area contributed by atoms with Gasteiger partial charge in [-0.15, -0.1) is 0 Å². The van der Waals surface area contributed by atoms with Gasteiger partial charge in [0.25, 0.3) is 5.91 Å². The summed E-state index contributed by atoms with van der Waals surface area (Å²) in [5.74, 6) is 1.50. The van der Waals surface area contributed by atoms with Crippen LogP contribution in [0.3, 0.4) is 0 Å². The van der Waals surface area contributed by atoms with Crippen LogP contribution in [-0.4, -0.2) is 49.5 Å². The number of amides is 1. The second kappa shape index (κ2) is 6.02. The van der Waals surface area contributed by atoms with E-state index in [0.717, 1.165) is 38.3 Å². The third-order valence-corrected chi connectivity index (χ3v) is 3.69. The maximum absolute atomic E-state index is 12.3. The largest absolute Gasteiger partial charge is 0.363 e. The van der Waals surface area contributed by atoms with Gasteiger partial charge in [0, 0.05) is 33.4 Å². The molecule has 5 nitrogen and oxygen atoms in total. The number of hydrogen-bond donors (Lipinski definition) is 1. The Balaban J connectivity index is 2.00. The molecule has 0 unspecified atom stereocenters. The lowest BCUT2D eigenvalue weighted by Gasteiger charge is -2.31. The van der Waals surface area contributed by atoms with E-state index in [0.29, 0.717) is 11.5 Å². The van der Waals surface area contributed by atoms with Crippen molar-refractivity contribution >= 4 is 11.7 Å². The summed E-state index contributed by atoms with van der Waals surface area (Å²) in [7, 11) is 3.86. The molecule has 2 heterocycles. The van der Waals surface area contributed by atoms with Gasteiger partial charge in [0.1, 0.15) is 5.82 Å². The highest BCUT2D eigenvalue weighted by molar-refractivity contribution is 5.94. The molecule has 0 atom stereocenters. The van der Waals surface area contributed by atoms with E-state index in [1.807, 2.05) is 36.0 Å². The molecule has 1 saturated heterocycles. The average molecular weight is 262 g/mol. The number of piperidine rings is 1. The summed E-state index contributed by atoms with van der Waals surface area (Å²) >= 11 is 0. The second-order valence-electron chi connectivity index (χ2n) is 5.27. The topological polar surface area (TPSA) is 62.5 Å². The van der Waals surface area contributed by atoms with Crippen molar-refractivity contribution < 1.29 is 4.79 Å². The highest BCUT2D eigenvalue weighted by Gasteiger charge is 2.22. The summed E-state index contributed by atoms with van der Waals surface area (Å²) in [6.07, 6.45) is 3.67. The number of hydrogen-bond acceptors (Lipinski definition) is 4. The fourth-order valence-corrected chi connectivity index (χ4v) is 2.33. The van der Waals surface area contributed by atoms with Crippen LogP contribution in [0, 0.1) is 5.92 Å². The number of aromatic nitrogens is 1. The highest BCUT2D eigenvalue weighted by atomic mass is 16.2. The van der Waals surface area contributed by atoms with E-state index in [1.54, 1.807) is 6.20 Å². The molecule has 1 aromatic heterocycles. The van der Waals surface area contributed by atoms with Crippen LogP contribution in [0.2, 0.25) is 0 Å². The fraction of sp³-hybridized carbons (Fsp3) is 0.571. The average Bonchev–Trinajstić information content (AvgIpc) is 2.46. The molecule has 104 valence electrons. The van der Waals surface area contributed by atoms with Crippen LogP contribution in [-0.2, 0) is 0 Å². The van der Waals surface area contributed by atoms with Gasteiger partial charge < -0.3 is 15.5 Å². The summed E-state index contributed by atoms with van der Waals surface area (Å²) in [5, 5.41) is 0. The first kappa shape index (κ1) is 13.8. The lowest BCUT2D eigenvalue weighted by atomic mass is 9.97. The van der Waals surface area contributed by atoms with Crippen molar-refractivity contribution in [3.8, 4) is 0 Å². The molecular formula is C14H22N4O. The minimum atomic E-state index is 0.0771. The van der Waals surface area contributed by atoms with E-state index in [9.17, 15) is 4.79 Å². The third kappa shape index (κ3) is 3.23. The molecule has 0 aromatic carbocycles. The van der Waals surface area contributed by atoms with Gasteiger partial charge in [-0.1, -0.05) is 0 Å². The summed E-state index contributed by atoms with van der Waals surface area (Å²) < 4.78 is 0. The lowest BCUT2D eigenvalue weighted by molar-refractivity contribution is 0.0693. The number of carbonyl (C=O) groups excluding carboxylic acids is 1. The molecule has 19 heavy (non-hydrogen) atoms. The first-order valence-electron chi connectivity index (χ1n) is 6.74. The number of likely N-dealkylation sites (tertiary alicyclic amines) is 1. The highest BCUT2D eigenvalue weighted by Crippen LogP contribution is 2.18. The Morgan fingerprint density at radius 2 is 2.11 bits per heavy atom. The van der Waals surface area contributed by atoms with Crippen LogP contribution in [0.25, 0.3) is 0 Å². The predicted molar refractivity (Wildman–Crippen MR) is 76.2 cm³/mol. The fourth-order valence-electron chi connectivity index (χ4n) is 2.33. The zero-order valence-electron chi connectivity index (χ0n) is 11.7. The number of nitrogens with two attached hydrogens (primary N) is 1. The van der Waals surface area contributed by atoms with Crippen molar-refractivity contribution in [1.82, 2.24) is 9.88 Å². The van der Waals surface area contributed by atoms with Gasteiger partial charge in [-0.05, 0) is 37.4 Å². The van der Waals surface area contributed by atoms with Gasteiger partial charge in [-0.3, -0.25) is 4.79 Å². The summed E-state index contributed by atoms with van der Waals surface area (Å²) in [6.45, 7) is 2.33. The Morgan fingerprint density at radius 1 is 1.42 bits per heavy atom. The molecule has 1 fully saturated rings. The minimum Gasteiger partial charge on any atom is -0.363 e. The molecule has 0 radical (unpaired) electrons. The molecular weight excluding hydrogens is 240 g/mol. The van der Waals surface area contributed by atoms with Crippen molar-refractivity contribution in [3.05, 3.63) is 23.9 Å². The van der Waals surface area contributed by atoms with E-state index >= 15 is 0 Å². The van der Waals surface area contributed by atoms with Crippen molar-refractivity contribution in [2.45, 2.75) is 12.8 Å². The smallest absolute Gasteiger partial charge is 0.255 e. The molecule has 0 aliphatic carbocycles. The normalized spacial score (nSPS) is 16.5. The van der Waals surface area contributed by atoms with Gasteiger partial charge in [-0.25, -0.2) is 4.98 Å². The maximum Gasteiger partial charge on any atom is 0.255 e. The number of pyridine rings is 1. The lowest BCUT2D eigenvalue weighted by Crippen LogP contribution is -2.40. The summed E-state index contributed by atoms with van der Waals surface area (Å²) in [4.78, 5) is 20.4. The van der Waals surface area contributed by atoms with Crippen LogP contribution in [0.1, 0.15) is 23.2 Å². The minimum absolute atomic E-state index is 0.0771. The van der Waals surface area contributed by atoms with Crippen LogP contribution < -0.4 is 10.6 Å². The number of nitrogens with zero attached hydrogens (tertiary/aromatic N) is 3. The Kier molecular flexibility index (Phi) is 4.37. The van der Waals surface area contributed by atoms with Crippen molar-refractivity contribution in [2.24, 2.45) is 11.7 Å². The van der Waals surface area contributed by atoms with Crippen LogP contribution in [0.5, 0.6) is 0 Å². The van der Waals surface area contributed by atoms with E-state index in [2.05, 4.69) is 4.98 Å². The number of carbonyl (C=O) groups is 1. The monoisotopic (exact) mass is 262 g/mol. The molecule has 0 bridgehead atoms. The SMILES string of the molecule is CN(C)c1ccc(C(=O)N2CCC(CN)CC2)cn1. The van der Waals surface area contributed by atoms with E-state index in [1.165, 1.54) is 0 Å². The van der Waals surface area contributed by atoms with E-state index in [4.69, 9.17) is 5.73 Å². The van der Waals surface area contributed by atoms with Gasteiger partial charge in [0.15, 0.2) is 0 Å².